The van der Waals surface area contributed by atoms with Crippen molar-refractivity contribution in [1.29, 1.82) is 0 Å². The summed E-state index contributed by atoms with van der Waals surface area (Å²) in [5.41, 5.74) is 5.09. The third-order valence-corrected chi connectivity index (χ3v) is 2.61. The van der Waals surface area contributed by atoms with Crippen molar-refractivity contribution in [1.82, 2.24) is 0 Å². The van der Waals surface area contributed by atoms with Crippen molar-refractivity contribution in [3.05, 3.63) is 24.1 Å². The minimum absolute atomic E-state index is 0.0873. The smallest absolute Gasteiger partial charge is 0.105 e. The highest BCUT2D eigenvalue weighted by Crippen LogP contribution is 2.33. The number of nitrogens with two attached hydrogens (primary N) is 1. The molecule has 0 heterocycles. The van der Waals surface area contributed by atoms with Crippen LogP contribution in [0, 0.1) is 5.92 Å². The molecule has 0 aliphatic heterocycles. The van der Waals surface area contributed by atoms with Gasteiger partial charge in [-0.15, -0.1) is 0 Å². The van der Waals surface area contributed by atoms with Crippen LogP contribution in [0.3, 0.4) is 0 Å². The van der Waals surface area contributed by atoms with E-state index >= 15 is 0 Å². The Bertz CT molecular complexity index is 253. The van der Waals surface area contributed by atoms with Crippen molar-refractivity contribution < 1.29 is 14.6 Å². The summed E-state index contributed by atoms with van der Waals surface area (Å²) < 4.78 is 13.4. The second-order valence-electron chi connectivity index (χ2n) is 3.56. The molecule has 1 aliphatic rings. The van der Waals surface area contributed by atoms with E-state index in [1.165, 1.54) is 6.08 Å². The maximum atomic E-state index is 13.4. The summed E-state index contributed by atoms with van der Waals surface area (Å²) in [6.45, 7) is -0.194. The minimum atomic E-state index is -0.865. The van der Waals surface area contributed by atoms with E-state index in [0.717, 1.165) is 0 Å². The normalized spacial score (nSPS) is 31.7. The van der Waals surface area contributed by atoms with Gasteiger partial charge in [0.2, 0.25) is 0 Å². The summed E-state index contributed by atoms with van der Waals surface area (Å²) in [6.07, 6.45) is 5.17. The van der Waals surface area contributed by atoms with Crippen molar-refractivity contribution in [2.24, 2.45) is 11.7 Å². The maximum absolute atomic E-state index is 13.4. The molecule has 14 heavy (non-hydrogen) atoms. The second-order valence-corrected chi connectivity index (χ2v) is 3.56. The van der Waals surface area contributed by atoms with Crippen LogP contribution in [0.5, 0.6) is 0 Å². The molecule has 0 saturated carbocycles. The summed E-state index contributed by atoms with van der Waals surface area (Å²) in [6, 6.07) is 0. The van der Waals surface area contributed by atoms with Crippen molar-refractivity contribution >= 4 is 0 Å². The van der Waals surface area contributed by atoms with E-state index in [2.05, 4.69) is 0 Å². The predicted octanol–water partition coefficient (Wildman–Crippen LogP) is 0.488. The van der Waals surface area contributed by atoms with Crippen LogP contribution < -0.4 is 5.73 Å². The first-order chi connectivity index (χ1) is 6.64. The van der Waals surface area contributed by atoms with Crippen LogP contribution in [0.4, 0.5) is 4.39 Å². The SMILES string of the molecule is NC1(CCO)C=CC=C(F)C1CCO. The van der Waals surface area contributed by atoms with E-state index in [4.69, 9.17) is 15.9 Å². The zero-order valence-corrected chi connectivity index (χ0v) is 7.99. The number of rotatable bonds is 4. The molecule has 3 nitrogen and oxygen atoms in total. The molecule has 1 rings (SSSR count). The molecule has 0 fully saturated rings. The molecule has 4 N–H and O–H groups in total. The summed E-state index contributed by atoms with van der Waals surface area (Å²) >= 11 is 0. The Morgan fingerprint density at radius 1 is 1.43 bits per heavy atom. The van der Waals surface area contributed by atoms with Gasteiger partial charge in [0.25, 0.3) is 0 Å². The van der Waals surface area contributed by atoms with Gasteiger partial charge in [-0.25, -0.2) is 4.39 Å². The van der Waals surface area contributed by atoms with Crippen LogP contribution in [0.2, 0.25) is 0 Å². The van der Waals surface area contributed by atoms with Gasteiger partial charge in [-0.2, -0.15) is 0 Å². The van der Waals surface area contributed by atoms with Crippen LogP contribution in [-0.2, 0) is 0 Å². The number of hydrogen-bond acceptors (Lipinski definition) is 3. The van der Waals surface area contributed by atoms with E-state index in [-0.39, 0.29) is 25.5 Å². The molecule has 0 aromatic rings. The first-order valence-electron chi connectivity index (χ1n) is 4.69. The monoisotopic (exact) mass is 201 g/mol. The van der Waals surface area contributed by atoms with Gasteiger partial charge < -0.3 is 15.9 Å². The fraction of sp³-hybridized carbons (Fsp3) is 0.600. The van der Waals surface area contributed by atoms with Crippen LogP contribution in [-0.4, -0.2) is 29.0 Å². The summed E-state index contributed by atoms with van der Waals surface area (Å²) in [7, 11) is 0. The van der Waals surface area contributed by atoms with Gasteiger partial charge in [-0.3, -0.25) is 0 Å². The lowest BCUT2D eigenvalue weighted by atomic mass is 9.77. The van der Waals surface area contributed by atoms with Gasteiger partial charge in [-0.1, -0.05) is 12.2 Å². The molecule has 80 valence electrons. The highest BCUT2D eigenvalue weighted by Gasteiger charge is 2.36. The van der Waals surface area contributed by atoms with Gasteiger partial charge in [0.05, 0.1) is 0 Å². The van der Waals surface area contributed by atoms with E-state index in [1.807, 2.05) is 0 Å². The zero-order chi connectivity index (χ0) is 10.6. The highest BCUT2D eigenvalue weighted by molar-refractivity contribution is 5.27. The molecular formula is C10H16FNO2. The molecule has 1 aliphatic carbocycles. The summed E-state index contributed by atoms with van der Waals surface area (Å²) in [4.78, 5) is 0. The topological polar surface area (TPSA) is 66.5 Å². The van der Waals surface area contributed by atoms with Crippen LogP contribution in [0.1, 0.15) is 12.8 Å². The van der Waals surface area contributed by atoms with Crippen molar-refractivity contribution in [2.45, 2.75) is 18.4 Å². The van der Waals surface area contributed by atoms with Gasteiger partial charge >= 0.3 is 0 Å². The maximum Gasteiger partial charge on any atom is 0.105 e. The van der Waals surface area contributed by atoms with Crippen LogP contribution in [0.15, 0.2) is 24.1 Å². The van der Waals surface area contributed by atoms with Gasteiger partial charge in [0.1, 0.15) is 5.83 Å². The Morgan fingerprint density at radius 3 is 2.71 bits per heavy atom. The van der Waals surface area contributed by atoms with Crippen molar-refractivity contribution in [2.75, 3.05) is 13.2 Å². The number of hydrogen-bond donors (Lipinski definition) is 3. The summed E-state index contributed by atoms with van der Waals surface area (Å²) in [5, 5.41) is 17.6. The quantitative estimate of drug-likeness (QED) is 0.620. The van der Waals surface area contributed by atoms with E-state index in [9.17, 15) is 4.39 Å². The highest BCUT2D eigenvalue weighted by atomic mass is 19.1. The van der Waals surface area contributed by atoms with Gasteiger partial charge in [0.15, 0.2) is 0 Å². The van der Waals surface area contributed by atoms with E-state index in [0.29, 0.717) is 6.42 Å². The Hall–Kier alpha value is -0.710. The molecule has 4 heteroatoms. The van der Waals surface area contributed by atoms with Gasteiger partial charge in [-0.05, 0) is 18.9 Å². The lowest BCUT2D eigenvalue weighted by Gasteiger charge is -2.35. The predicted molar refractivity (Wildman–Crippen MR) is 52.1 cm³/mol. The van der Waals surface area contributed by atoms with E-state index in [1.54, 1.807) is 12.2 Å². The van der Waals surface area contributed by atoms with Crippen LogP contribution >= 0.6 is 0 Å². The molecule has 2 atom stereocenters. The van der Waals surface area contributed by atoms with E-state index < -0.39 is 11.5 Å². The summed E-state index contributed by atoms with van der Waals surface area (Å²) in [5.74, 6) is -0.845. The molecular weight excluding hydrogens is 185 g/mol. The lowest BCUT2D eigenvalue weighted by Crippen LogP contribution is -2.47. The Balaban J connectivity index is 2.82. The molecule has 2 unspecified atom stereocenters. The number of allylic oxidation sites excluding steroid dienone is 2. The fourth-order valence-electron chi connectivity index (χ4n) is 1.80. The molecule has 0 aromatic carbocycles. The third kappa shape index (κ3) is 2.20. The zero-order valence-electron chi connectivity index (χ0n) is 7.99. The molecule has 0 saturated heterocycles. The Morgan fingerprint density at radius 2 is 2.14 bits per heavy atom. The first-order valence-corrected chi connectivity index (χ1v) is 4.69. The molecule has 0 spiro atoms. The minimum Gasteiger partial charge on any atom is -0.396 e. The number of aliphatic hydroxyl groups excluding tert-OH is 2. The Labute approximate surface area is 82.7 Å². The largest absolute Gasteiger partial charge is 0.396 e. The third-order valence-electron chi connectivity index (χ3n) is 2.61. The molecule has 0 radical (unpaired) electrons. The molecule has 0 aromatic heterocycles. The number of halogens is 1. The average molecular weight is 201 g/mol. The van der Waals surface area contributed by atoms with Crippen LogP contribution in [0.25, 0.3) is 0 Å². The molecule has 0 bridgehead atoms. The van der Waals surface area contributed by atoms with Crippen molar-refractivity contribution in [3.8, 4) is 0 Å². The second kappa shape index (κ2) is 4.68. The average Bonchev–Trinajstić information content (AvgIpc) is 2.12. The lowest BCUT2D eigenvalue weighted by molar-refractivity contribution is 0.184. The number of aliphatic hydroxyl groups is 2. The first kappa shape index (κ1) is 11.4. The molecule has 0 amide bonds. The van der Waals surface area contributed by atoms with Crippen molar-refractivity contribution in [3.63, 3.8) is 0 Å². The Kier molecular flexibility index (Phi) is 3.80. The van der Waals surface area contributed by atoms with Gasteiger partial charge in [0, 0.05) is 24.7 Å². The standard InChI is InChI=1S/C10H16FNO2/c11-9-2-1-4-10(12,5-7-14)8(9)3-6-13/h1-2,4,8,13-14H,3,5-7,12H2. The fourth-order valence-corrected chi connectivity index (χ4v) is 1.80.